The first-order chi connectivity index (χ1) is 11.5. The molecule has 2 heterocycles. The lowest BCUT2D eigenvalue weighted by molar-refractivity contribution is -0.0785. The maximum Gasteiger partial charge on any atom is 0.212 e. The summed E-state index contributed by atoms with van der Waals surface area (Å²) in [5, 5.41) is 29.7. The van der Waals surface area contributed by atoms with Crippen molar-refractivity contribution in [1.29, 1.82) is 0 Å². The lowest BCUT2D eigenvalue weighted by Gasteiger charge is -2.34. The second-order valence-electron chi connectivity index (χ2n) is 5.38. The summed E-state index contributed by atoms with van der Waals surface area (Å²) in [6, 6.07) is 7.86. The molecule has 3 N–H and O–H groups in total. The third kappa shape index (κ3) is 3.65. The van der Waals surface area contributed by atoms with Crippen molar-refractivity contribution in [2.75, 3.05) is 5.75 Å². The predicted octanol–water partition coefficient (Wildman–Crippen LogP) is 2.08. The minimum atomic E-state index is -1.28. The average Bonchev–Trinajstić information content (AvgIpc) is 2.58. The number of hydrogen-bond acceptors (Lipinski definition) is 6. The summed E-state index contributed by atoms with van der Waals surface area (Å²) in [7, 11) is 0. The molecular formula is C16H15ClFNO4S. The number of aromatic nitrogens is 1. The highest BCUT2D eigenvalue weighted by Crippen LogP contribution is 2.35. The van der Waals surface area contributed by atoms with E-state index in [0.717, 1.165) is 5.56 Å². The zero-order valence-corrected chi connectivity index (χ0v) is 13.9. The molecule has 0 bridgehead atoms. The van der Waals surface area contributed by atoms with E-state index in [0.29, 0.717) is 16.3 Å². The maximum atomic E-state index is 12.9. The Labute approximate surface area is 147 Å². The number of thioether (sulfide) groups is 1. The van der Waals surface area contributed by atoms with Gasteiger partial charge >= 0.3 is 0 Å². The Bertz CT molecular complexity index is 718. The summed E-state index contributed by atoms with van der Waals surface area (Å²) < 4.78 is 18.7. The number of rotatable bonds is 3. The Morgan fingerprint density at radius 1 is 1.12 bits per heavy atom. The standard InChI is InChI=1S/C16H15ClFNO4S/c17-10-3-1-8(9-2-4-13(18)19-6-9)5-12(10)23-16-15(22)14(21)11(20)7-24-16/h1-6,11,14-16,20-22H,7H2/t11-,14+,15-,16-/m1/s1. The zero-order chi connectivity index (χ0) is 17.3. The molecule has 0 unspecified atom stereocenters. The molecule has 0 radical (unpaired) electrons. The topological polar surface area (TPSA) is 82.8 Å². The minimum absolute atomic E-state index is 0.238. The van der Waals surface area contributed by atoms with Crippen LogP contribution in [0.3, 0.4) is 0 Å². The van der Waals surface area contributed by atoms with Gasteiger partial charge in [0, 0.05) is 17.5 Å². The largest absolute Gasteiger partial charge is 0.475 e. The molecule has 3 rings (SSSR count). The van der Waals surface area contributed by atoms with Crippen LogP contribution in [-0.4, -0.2) is 49.8 Å². The quantitative estimate of drug-likeness (QED) is 0.716. The highest BCUT2D eigenvalue weighted by Gasteiger charge is 2.38. The molecule has 128 valence electrons. The molecule has 1 aliphatic rings. The van der Waals surface area contributed by atoms with Crippen molar-refractivity contribution in [3.63, 3.8) is 0 Å². The highest BCUT2D eigenvalue weighted by atomic mass is 35.5. The van der Waals surface area contributed by atoms with Crippen molar-refractivity contribution in [2.45, 2.75) is 23.7 Å². The molecule has 1 fully saturated rings. The van der Waals surface area contributed by atoms with Gasteiger partial charge in [-0.05, 0) is 29.8 Å². The van der Waals surface area contributed by atoms with E-state index in [1.165, 1.54) is 24.0 Å². The van der Waals surface area contributed by atoms with Gasteiger partial charge in [-0.2, -0.15) is 4.39 Å². The summed E-state index contributed by atoms with van der Waals surface area (Å²) in [5.41, 5.74) is 0.644. The second kappa shape index (κ2) is 7.25. The Morgan fingerprint density at radius 2 is 1.88 bits per heavy atom. The molecular weight excluding hydrogens is 357 g/mol. The first-order valence-electron chi connectivity index (χ1n) is 7.19. The number of halogens is 2. The fourth-order valence-corrected chi connectivity index (χ4v) is 3.60. The number of pyridine rings is 1. The molecule has 2 aromatic rings. The van der Waals surface area contributed by atoms with E-state index < -0.39 is 29.7 Å². The van der Waals surface area contributed by atoms with Crippen molar-refractivity contribution in [1.82, 2.24) is 4.98 Å². The number of ether oxygens (including phenoxy) is 1. The van der Waals surface area contributed by atoms with Crippen LogP contribution in [0.15, 0.2) is 36.5 Å². The van der Waals surface area contributed by atoms with Crippen LogP contribution < -0.4 is 4.74 Å². The molecule has 1 aliphatic heterocycles. The van der Waals surface area contributed by atoms with E-state index in [1.807, 2.05) is 0 Å². The normalized spacial score (nSPS) is 27.0. The Hall–Kier alpha value is -1.38. The fraction of sp³-hybridized carbons (Fsp3) is 0.312. The zero-order valence-electron chi connectivity index (χ0n) is 12.3. The van der Waals surface area contributed by atoms with Crippen LogP contribution in [-0.2, 0) is 0 Å². The van der Waals surface area contributed by atoms with Gasteiger partial charge in [0.25, 0.3) is 0 Å². The molecule has 1 saturated heterocycles. The van der Waals surface area contributed by atoms with E-state index in [4.69, 9.17) is 16.3 Å². The highest BCUT2D eigenvalue weighted by molar-refractivity contribution is 7.99. The Kier molecular flexibility index (Phi) is 5.27. The lowest BCUT2D eigenvalue weighted by atomic mass is 10.1. The SMILES string of the molecule is O[C@@H]1[C@@H](O)[C@H](Oc2cc(-c3ccc(F)nc3)ccc2Cl)SC[C@H]1O. The van der Waals surface area contributed by atoms with E-state index >= 15 is 0 Å². The molecule has 5 nitrogen and oxygen atoms in total. The van der Waals surface area contributed by atoms with Crippen LogP contribution in [0.25, 0.3) is 11.1 Å². The maximum absolute atomic E-state index is 12.9. The van der Waals surface area contributed by atoms with Crippen molar-refractivity contribution in [3.8, 4) is 16.9 Å². The first kappa shape index (κ1) is 17.4. The third-order valence-electron chi connectivity index (χ3n) is 3.69. The monoisotopic (exact) mass is 371 g/mol. The summed E-state index contributed by atoms with van der Waals surface area (Å²) in [6.07, 6.45) is -2.13. The molecule has 0 saturated carbocycles. The van der Waals surface area contributed by atoms with Gasteiger partial charge in [0.2, 0.25) is 5.95 Å². The van der Waals surface area contributed by atoms with Gasteiger partial charge in [-0.15, -0.1) is 11.8 Å². The van der Waals surface area contributed by atoms with Crippen LogP contribution in [0, 0.1) is 5.95 Å². The summed E-state index contributed by atoms with van der Waals surface area (Å²) >= 11 is 7.33. The molecule has 8 heteroatoms. The molecule has 1 aromatic carbocycles. The number of hydrogen-bond donors (Lipinski definition) is 3. The predicted molar refractivity (Wildman–Crippen MR) is 89.5 cm³/mol. The van der Waals surface area contributed by atoms with Gasteiger partial charge in [-0.1, -0.05) is 17.7 Å². The second-order valence-corrected chi connectivity index (χ2v) is 6.92. The van der Waals surface area contributed by atoms with E-state index in [-0.39, 0.29) is 5.75 Å². The van der Waals surface area contributed by atoms with Crippen LogP contribution in [0.5, 0.6) is 5.75 Å². The van der Waals surface area contributed by atoms with E-state index in [9.17, 15) is 19.7 Å². The molecule has 24 heavy (non-hydrogen) atoms. The van der Waals surface area contributed by atoms with Gasteiger partial charge in [-0.3, -0.25) is 0 Å². The first-order valence-corrected chi connectivity index (χ1v) is 8.62. The van der Waals surface area contributed by atoms with Crippen molar-refractivity contribution in [3.05, 3.63) is 47.5 Å². The van der Waals surface area contributed by atoms with Gasteiger partial charge in [-0.25, -0.2) is 4.98 Å². The summed E-state index contributed by atoms with van der Waals surface area (Å²) in [4.78, 5) is 3.61. The number of aliphatic hydroxyl groups excluding tert-OH is 3. The van der Waals surface area contributed by atoms with E-state index in [1.54, 1.807) is 24.3 Å². The molecule has 0 aliphatic carbocycles. The average molecular weight is 372 g/mol. The van der Waals surface area contributed by atoms with Crippen LogP contribution in [0.4, 0.5) is 4.39 Å². The van der Waals surface area contributed by atoms with Crippen molar-refractivity contribution >= 4 is 23.4 Å². The molecule has 1 aromatic heterocycles. The molecule has 0 amide bonds. The van der Waals surface area contributed by atoms with Gasteiger partial charge in [0.1, 0.15) is 18.0 Å². The minimum Gasteiger partial charge on any atom is -0.475 e. The fourth-order valence-electron chi connectivity index (χ4n) is 2.33. The number of aliphatic hydroxyl groups is 3. The van der Waals surface area contributed by atoms with Crippen molar-refractivity contribution < 1.29 is 24.4 Å². The summed E-state index contributed by atoms with van der Waals surface area (Å²) in [6.45, 7) is 0. The summed E-state index contributed by atoms with van der Waals surface area (Å²) in [5.74, 6) is -0.0145. The van der Waals surface area contributed by atoms with Crippen LogP contribution in [0.2, 0.25) is 5.02 Å². The van der Waals surface area contributed by atoms with Crippen LogP contribution in [0.1, 0.15) is 0 Å². The number of benzene rings is 1. The number of nitrogens with zero attached hydrogens (tertiary/aromatic N) is 1. The molecule has 0 spiro atoms. The lowest BCUT2D eigenvalue weighted by Crippen LogP contribution is -2.50. The third-order valence-corrected chi connectivity index (χ3v) is 5.24. The van der Waals surface area contributed by atoms with Crippen LogP contribution >= 0.6 is 23.4 Å². The van der Waals surface area contributed by atoms with E-state index in [2.05, 4.69) is 4.98 Å². The van der Waals surface area contributed by atoms with Gasteiger partial charge in [0.05, 0.1) is 11.1 Å². The Morgan fingerprint density at radius 3 is 2.58 bits per heavy atom. The Balaban J connectivity index is 1.83. The smallest absolute Gasteiger partial charge is 0.212 e. The molecule has 4 atom stereocenters. The van der Waals surface area contributed by atoms with Gasteiger partial charge in [0.15, 0.2) is 5.44 Å². The van der Waals surface area contributed by atoms with Crippen molar-refractivity contribution in [2.24, 2.45) is 0 Å². The van der Waals surface area contributed by atoms with Gasteiger partial charge < -0.3 is 20.1 Å².